The Morgan fingerprint density at radius 1 is 1.12 bits per heavy atom. The number of benzene rings is 2. The largest absolute Gasteiger partial charge is 0.445 e. The summed E-state index contributed by atoms with van der Waals surface area (Å²) >= 11 is 1.54. The molecule has 0 radical (unpaired) electrons. The van der Waals surface area contributed by atoms with Crippen molar-refractivity contribution in [3.05, 3.63) is 82.0 Å². The number of amidine groups is 1. The van der Waals surface area contributed by atoms with Crippen LogP contribution in [0.3, 0.4) is 0 Å². The van der Waals surface area contributed by atoms with Crippen molar-refractivity contribution in [1.82, 2.24) is 5.32 Å². The summed E-state index contributed by atoms with van der Waals surface area (Å²) in [6.45, 7) is 0.867. The van der Waals surface area contributed by atoms with Crippen LogP contribution < -0.4 is 16.0 Å². The van der Waals surface area contributed by atoms with Crippen molar-refractivity contribution in [2.75, 3.05) is 18.0 Å². The van der Waals surface area contributed by atoms with Gasteiger partial charge in [-0.25, -0.2) is 9.79 Å². The zero-order valence-electron chi connectivity index (χ0n) is 17.5. The highest BCUT2D eigenvalue weighted by Crippen LogP contribution is 2.31. The highest BCUT2D eigenvalue weighted by molar-refractivity contribution is 7.12. The Morgan fingerprint density at radius 3 is 2.75 bits per heavy atom. The molecular formula is C24H24N4O3S. The Morgan fingerprint density at radius 2 is 1.97 bits per heavy atom. The molecule has 0 spiro atoms. The van der Waals surface area contributed by atoms with Gasteiger partial charge in [-0.05, 0) is 47.2 Å². The minimum absolute atomic E-state index is 0.0336. The van der Waals surface area contributed by atoms with Crippen molar-refractivity contribution in [3.8, 4) is 0 Å². The second-order valence-electron chi connectivity index (χ2n) is 7.32. The summed E-state index contributed by atoms with van der Waals surface area (Å²) in [7, 11) is 0. The number of aliphatic imine (C=N–C) groups is 1. The summed E-state index contributed by atoms with van der Waals surface area (Å²) in [5.74, 6) is 0.508. The Bertz CT molecular complexity index is 1110. The van der Waals surface area contributed by atoms with Crippen LogP contribution >= 0.6 is 11.3 Å². The minimum atomic E-state index is -0.507. The predicted octanol–water partition coefficient (Wildman–Crippen LogP) is 3.99. The molecule has 0 bridgehead atoms. The van der Waals surface area contributed by atoms with Gasteiger partial charge in [0.2, 0.25) is 5.91 Å². The molecule has 1 aromatic heterocycles. The van der Waals surface area contributed by atoms with Gasteiger partial charge >= 0.3 is 6.09 Å². The van der Waals surface area contributed by atoms with Gasteiger partial charge < -0.3 is 20.7 Å². The van der Waals surface area contributed by atoms with Gasteiger partial charge in [-0.2, -0.15) is 0 Å². The normalized spacial score (nSPS) is 13.6. The maximum atomic E-state index is 12.5. The molecular weight excluding hydrogens is 424 g/mol. The summed E-state index contributed by atoms with van der Waals surface area (Å²) < 4.78 is 5.22. The predicted molar refractivity (Wildman–Crippen MR) is 126 cm³/mol. The standard InChI is InChI=1S/C24H24N4O3S/c25-23(21-7-4-14-32-21)27-19-9-10-20-18(15-19)8-11-22(29)28(20)13-12-26-24(30)31-16-17-5-2-1-3-6-17/h1-7,9-10,14-15H,8,11-13,16H2,(H2,25,27)(H,26,30). The summed E-state index contributed by atoms with van der Waals surface area (Å²) in [6.07, 6.45) is 0.561. The number of fused-ring (bicyclic) bond motifs is 1. The average molecular weight is 449 g/mol. The van der Waals surface area contributed by atoms with E-state index < -0.39 is 6.09 Å². The third-order valence-electron chi connectivity index (χ3n) is 5.10. The lowest BCUT2D eigenvalue weighted by Crippen LogP contribution is -2.41. The van der Waals surface area contributed by atoms with Gasteiger partial charge in [-0.15, -0.1) is 11.3 Å². The van der Waals surface area contributed by atoms with Crippen LogP contribution in [0.5, 0.6) is 0 Å². The Hall–Kier alpha value is -3.65. The minimum Gasteiger partial charge on any atom is -0.445 e. The number of hydrogen-bond acceptors (Lipinski definition) is 5. The average Bonchev–Trinajstić information content (AvgIpc) is 3.35. The molecule has 2 aromatic carbocycles. The highest BCUT2D eigenvalue weighted by Gasteiger charge is 2.24. The number of carbonyl (C=O) groups is 2. The summed E-state index contributed by atoms with van der Waals surface area (Å²) in [6, 6.07) is 19.1. The molecule has 3 N–H and O–H groups in total. The molecule has 4 rings (SSSR count). The van der Waals surface area contributed by atoms with Crippen LogP contribution in [0, 0.1) is 0 Å². The van der Waals surface area contributed by atoms with Crippen molar-refractivity contribution in [3.63, 3.8) is 0 Å². The van der Waals surface area contributed by atoms with E-state index in [2.05, 4.69) is 10.3 Å². The summed E-state index contributed by atoms with van der Waals surface area (Å²) in [5, 5.41) is 4.67. The van der Waals surface area contributed by atoms with Crippen molar-refractivity contribution >= 4 is 40.5 Å². The Kier molecular flexibility index (Phi) is 6.81. The number of rotatable bonds is 7. The van der Waals surface area contributed by atoms with Gasteiger partial charge in [0.15, 0.2) is 0 Å². The van der Waals surface area contributed by atoms with E-state index in [1.165, 1.54) is 11.3 Å². The number of anilines is 1. The molecule has 3 aromatic rings. The van der Waals surface area contributed by atoms with E-state index in [1.54, 1.807) is 4.90 Å². The molecule has 0 atom stereocenters. The second kappa shape index (κ2) is 10.1. The zero-order valence-corrected chi connectivity index (χ0v) is 18.3. The highest BCUT2D eigenvalue weighted by atomic mass is 32.1. The van der Waals surface area contributed by atoms with Crippen molar-refractivity contribution in [2.24, 2.45) is 10.7 Å². The number of aryl methyl sites for hydroxylation is 1. The van der Waals surface area contributed by atoms with Gasteiger partial charge in [0.25, 0.3) is 0 Å². The zero-order chi connectivity index (χ0) is 22.3. The fourth-order valence-corrected chi connectivity index (χ4v) is 4.15. The number of alkyl carbamates (subject to hydrolysis) is 1. The molecule has 0 aliphatic carbocycles. The number of ether oxygens (including phenoxy) is 1. The Labute approximate surface area is 190 Å². The fourth-order valence-electron chi connectivity index (χ4n) is 3.52. The van der Waals surface area contributed by atoms with Gasteiger partial charge in [-0.1, -0.05) is 36.4 Å². The van der Waals surface area contributed by atoms with Crippen LogP contribution in [0.4, 0.5) is 16.2 Å². The lowest BCUT2D eigenvalue weighted by molar-refractivity contribution is -0.118. The van der Waals surface area contributed by atoms with Crippen LogP contribution in [0.1, 0.15) is 22.4 Å². The van der Waals surface area contributed by atoms with E-state index in [9.17, 15) is 9.59 Å². The van der Waals surface area contributed by atoms with Crippen LogP contribution in [0.15, 0.2) is 71.0 Å². The van der Waals surface area contributed by atoms with Gasteiger partial charge in [0, 0.05) is 25.2 Å². The third kappa shape index (κ3) is 5.33. The number of hydrogen-bond donors (Lipinski definition) is 2. The van der Waals surface area contributed by atoms with Gasteiger partial charge in [-0.3, -0.25) is 4.79 Å². The maximum Gasteiger partial charge on any atom is 0.407 e. The molecule has 8 heteroatoms. The molecule has 0 saturated heterocycles. The fraction of sp³-hybridized carbons (Fsp3) is 0.208. The molecule has 0 unspecified atom stereocenters. The first-order valence-corrected chi connectivity index (χ1v) is 11.2. The molecule has 2 heterocycles. The topological polar surface area (TPSA) is 97.0 Å². The van der Waals surface area contributed by atoms with Crippen molar-refractivity contribution in [2.45, 2.75) is 19.4 Å². The number of nitrogens with zero attached hydrogens (tertiary/aromatic N) is 2. The maximum absolute atomic E-state index is 12.5. The van der Waals surface area contributed by atoms with Crippen LogP contribution in [0.2, 0.25) is 0 Å². The molecule has 7 nitrogen and oxygen atoms in total. The van der Waals surface area contributed by atoms with Gasteiger partial charge in [0.05, 0.1) is 10.6 Å². The summed E-state index contributed by atoms with van der Waals surface area (Å²) in [4.78, 5) is 31.6. The first-order valence-electron chi connectivity index (χ1n) is 10.4. The number of thiophene rings is 1. The third-order valence-corrected chi connectivity index (χ3v) is 6.00. The second-order valence-corrected chi connectivity index (χ2v) is 8.27. The summed E-state index contributed by atoms with van der Waals surface area (Å²) in [5.41, 5.74) is 9.65. The smallest absolute Gasteiger partial charge is 0.407 e. The quantitative estimate of drug-likeness (QED) is 0.422. The number of nitrogens with one attached hydrogen (secondary N) is 1. The van der Waals surface area contributed by atoms with E-state index in [1.807, 2.05) is 66.0 Å². The molecule has 1 aliphatic rings. The van der Waals surface area contributed by atoms with E-state index in [4.69, 9.17) is 10.5 Å². The monoisotopic (exact) mass is 448 g/mol. The van der Waals surface area contributed by atoms with Crippen molar-refractivity contribution in [1.29, 1.82) is 0 Å². The lowest BCUT2D eigenvalue weighted by atomic mass is 10.0. The number of nitrogens with two attached hydrogens (primary N) is 1. The van der Waals surface area contributed by atoms with Gasteiger partial charge in [0.1, 0.15) is 12.4 Å². The van der Waals surface area contributed by atoms with Crippen LogP contribution in [-0.4, -0.2) is 30.9 Å². The molecule has 0 saturated carbocycles. The first-order chi connectivity index (χ1) is 15.6. The molecule has 164 valence electrons. The van der Waals surface area contributed by atoms with E-state index in [0.717, 1.165) is 27.4 Å². The van der Waals surface area contributed by atoms with E-state index in [-0.39, 0.29) is 12.5 Å². The van der Waals surface area contributed by atoms with Crippen LogP contribution in [-0.2, 0) is 22.6 Å². The first kappa shape index (κ1) is 21.6. The molecule has 2 amide bonds. The van der Waals surface area contributed by atoms with E-state index >= 15 is 0 Å². The Balaban J connectivity index is 1.35. The lowest BCUT2D eigenvalue weighted by Gasteiger charge is -2.29. The van der Waals surface area contributed by atoms with Crippen LogP contribution in [0.25, 0.3) is 0 Å². The SMILES string of the molecule is NC(=Nc1ccc2c(c1)CCC(=O)N2CCNC(=O)OCc1ccccc1)c1cccs1. The van der Waals surface area contributed by atoms with Crippen molar-refractivity contribution < 1.29 is 14.3 Å². The number of amides is 2. The molecule has 1 aliphatic heterocycles. The number of carbonyl (C=O) groups excluding carboxylic acids is 2. The van der Waals surface area contributed by atoms with E-state index in [0.29, 0.717) is 31.8 Å². The molecule has 32 heavy (non-hydrogen) atoms. The molecule has 0 fully saturated rings.